The lowest BCUT2D eigenvalue weighted by Crippen LogP contribution is -2.49. The lowest BCUT2D eigenvalue weighted by atomic mass is 9.79. The molecule has 2 aliphatic heterocycles. The molecule has 0 saturated carbocycles. The minimum atomic E-state index is -3.67. The number of nitrogens with one attached hydrogen (secondary N) is 1. The summed E-state index contributed by atoms with van der Waals surface area (Å²) in [6.07, 6.45) is 2.81. The van der Waals surface area contributed by atoms with E-state index in [-0.39, 0.29) is 28.5 Å². The number of sulfonamides is 1. The van der Waals surface area contributed by atoms with Crippen molar-refractivity contribution >= 4 is 44.5 Å². The highest BCUT2D eigenvalue weighted by Crippen LogP contribution is 2.46. The van der Waals surface area contributed by atoms with Gasteiger partial charge < -0.3 is 19.5 Å². The molecule has 1 unspecified atom stereocenters. The van der Waals surface area contributed by atoms with Gasteiger partial charge in [-0.3, -0.25) is 4.72 Å². The van der Waals surface area contributed by atoms with Crippen LogP contribution in [0.15, 0.2) is 64.7 Å². The maximum absolute atomic E-state index is 12.0. The fourth-order valence-corrected chi connectivity index (χ4v) is 7.57. The Kier molecular flexibility index (Phi) is 9.88. The van der Waals surface area contributed by atoms with E-state index in [9.17, 15) is 18.3 Å². The molecular formula is C39H47N7O6S. The molecule has 1 aromatic heterocycles. The number of aliphatic imine (C=N–C) groups is 1. The Hall–Kier alpha value is -5.24. The third-order valence-electron chi connectivity index (χ3n) is 9.46. The number of anilines is 2. The van der Waals surface area contributed by atoms with Crippen LogP contribution in [-0.4, -0.2) is 77.8 Å². The number of aromatic nitrogens is 3. The van der Waals surface area contributed by atoms with Gasteiger partial charge >= 0.3 is 5.97 Å². The predicted octanol–water partition coefficient (Wildman–Crippen LogP) is 7.28. The Labute approximate surface area is 310 Å². The Morgan fingerprint density at radius 3 is 2.43 bits per heavy atom. The van der Waals surface area contributed by atoms with Gasteiger partial charge in [0.2, 0.25) is 15.8 Å². The molecular weight excluding hydrogens is 695 g/mol. The first kappa shape index (κ1) is 37.5. The Balaban J connectivity index is 1.33. The highest BCUT2D eigenvalue weighted by atomic mass is 32.2. The van der Waals surface area contributed by atoms with Crippen molar-refractivity contribution in [3.05, 3.63) is 77.1 Å². The molecule has 14 heteroatoms. The predicted molar refractivity (Wildman–Crippen MR) is 208 cm³/mol. The summed E-state index contributed by atoms with van der Waals surface area (Å²) >= 11 is 0. The van der Waals surface area contributed by atoms with Crippen LogP contribution in [-0.2, 0) is 10.0 Å². The van der Waals surface area contributed by atoms with Crippen LogP contribution in [0.4, 0.5) is 17.1 Å². The molecule has 3 heterocycles. The average molecular weight is 742 g/mol. The number of hydrogen-bond donors (Lipinski definition) is 2. The number of nitrogens with zero attached hydrogens (tertiary/aromatic N) is 6. The monoisotopic (exact) mass is 741 g/mol. The molecule has 1 atom stereocenters. The Morgan fingerprint density at radius 1 is 1.09 bits per heavy atom. The smallest absolute Gasteiger partial charge is 0.335 e. The van der Waals surface area contributed by atoms with Gasteiger partial charge in [0.05, 0.1) is 42.6 Å². The highest BCUT2D eigenvalue weighted by molar-refractivity contribution is 7.92. The zero-order valence-electron chi connectivity index (χ0n) is 31.7. The molecule has 0 radical (unpaired) electrons. The Bertz CT molecular complexity index is 2230. The number of carboxylic acids is 1. The van der Waals surface area contributed by atoms with Crippen LogP contribution in [0.25, 0.3) is 11.4 Å². The molecule has 0 amide bonds. The maximum Gasteiger partial charge on any atom is 0.335 e. The molecule has 2 aliphatic rings. The van der Waals surface area contributed by atoms with Crippen molar-refractivity contribution in [3.63, 3.8) is 0 Å². The van der Waals surface area contributed by atoms with Gasteiger partial charge in [-0.25, -0.2) is 23.2 Å². The second kappa shape index (κ2) is 14.0. The minimum Gasteiger partial charge on any atom is -0.497 e. The summed E-state index contributed by atoms with van der Waals surface area (Å²) in [6.45, 7) is 16.5. The summed E-state index contributed by atoms with van der Waals surface area (Å²) in [7, 11) is -2.02. The van der Waals surface area contributed by atoms with E-state index in [1.165, 1.54) is 34.2 Å². The second-order valence-corrected chi connectivity index (χ2v) is 17.2. The summed E-state index contributed by atoms with van der Waals surface area (Å²) in [5.41, 5.74) is 5.32. The van der Waals surface area contributed by atoms with Gasteiger partial charge in [-0.15, -0.1) is 9.89 Å². The first-order valence-corrected chi connectivity index (χ1v) is 19.4. The zero-order valence-corrected chi connectivity index (χ0v) is 32.5. The summed E-state index contributed by atoms with van der Waals surface area (Å²) in [4.78, 5) is 25.8. The topological polar surface area (TPSA) is 161 Å². The van der Waals surface area contributed by atoms with Crippen molar-refractivity contribution in [2.75, 3.05) is 36.1 Å². The molecule has 280 valence electrons. The van der Waals surface area contributed by atoms with Crippen LogP contribution in [0, 0.1) is 12.3 Å². The molecule has 0 bridgehead atoms. The molecule has 53 heavy (non-hydrogen) atoms. The van der Waals surface area contributed by atoms with E-state index in [2.05, 4.69) is 54.5 Å². The van der Waals surface area contributed by atoms with Gasteiger partial charge in [-0.05, 0) is 105 Å². The van der Waals surface area contributed by atoms with E-state index in [1.807, 2.05) is 45.0 Å². The molecule has 2 N–H and O–H groups in total. The van der Waals surface area contributed by atoms with Crippen LogP contribution in [0.5, 0.6) is 11.5 Å². The first-order chi connectivity index (χ1) is 24.8. The van der Waals surface area contributed by atoms with Crippen LogP contribution in [0.2, 0.25) is 0 Å². The van der Waals surface area contributed by atoms with E-state index in [0.717, 1.165) is 48.4 Å². The SMILES string of the molecule is COc1ccc(OCCCN2c3cc(C)c(/N=C4/C(C(C)(C)C)=Nn5nc(-c6cc(NS(C)(=O)=O)cc(C(=O)O)c6)nc54)cc3C(C)CC2(C)C)cc1. The van der Waals surface area contributed by atoms with Crippen molar-refractivity contribution < 1.29 is 27.8 Å². The normalized spacial score (nSPS) is 17.3. The van der Waals surface area contributed by atoms with Crippen molar-refractivity contribution in [2.24, 2.45) is 15.5 Å². The lowest BCUT2D eigenvalue weighted by Gasteiger charge is -2.48. The molecule has 13 nitrogen and oxygen atoms in total. The summed E-state index contributed by atoms with van der Waals surface area (Å²) in [5.74, 6) is 1.28. The maximum atomic E-state index is 12.0. The van der Waals surface area contributed by atoms with Crippen LogP contribution in [0.3, 0.4) is 0 Å². The van der Waals surface area contributed by atoms with Gasteiger partial charge in [0, 0.05) is 28.7 Å². The van der Waals surface area contributed by atoms with Crippen molar-refractivity contribution in [2.45, 2.75) is 72.8 Å². The van der Waals surface area contributed by atoms with Crippen LogP contribution in [0.1, 0.15) is 87.6 Å². The number of fused-ring (bicyclic) bond motifs is 2. The molecule has 3 aromatic carbocycles. The van der Waals surface area contributed by atoms with Crippen molar-refractivity contribution in [1.29, 1.82) is 0 Å². The molecule has 4 aromatic rings. The van der Waals surface area contributed by atoms with Gasteiger partial charge in [-0.1, -0.05) is 27.7 Å². The molecule has 0 fully saturated rings. The van der Waals surface area contributed by atoms with Gasteiger partial charge in [0.1, 0.15) is 17.2 Å². The van der Waals surface area contributed by atoms with E-state index < -0.39 is 21.4 Å². The summed E-state index contributed by atoms with van der Waals surface area (Å²) < 4.78 is 37.6. The lowest BCUT2D eigenvalue weighted by molar-refractivity contribution is 0.0697. The summed E-state index contributed by atoms with van der Waals surface area (Å²) in [6, 6.07) is 16.2. The van der Waals surface area contributed by atoms with Crippen LogP contribution < -0.4 is 19.1 Å². The molecule has 6 rings (SSSR count). The van der Waals surface area contributed by atoms with Crippen LogP contribution >= 0.6 is 0 Å². The largest absolute Gasteiger partial charge is 0.497 e. The number of carboxylic acid groups (broad SMARTS) is 1. The number of aromatic carboxylic acids is 1. The fourth-order valence-electron chi connectivity index (χ4n) is 7.02. The third-order valence-corrected chi connectivity index (χ3v) is 10.1. The van der Waals surface area contributed by atoms with E-state index >= 15 is 0 Å². The van der Waals surface area contributed by atoms with Gasteiger partial charge in [0.15, 0.2) is 5.82 Å². The standard InChI is InChI=1S/C39H47N7O6S/c1-23-17-32-30(24(2)22-39(6,7)45(32)15-10-16-52-29-13-11-28(51-8)12-14-29)21-31(23)40-33-34(38(3,4)5)42-46-36(33)41-35(43-46)25-18-26(37(47)48)20-27(19-25)44-53(9,49)50/h11-14,17-21,24,44H,10,15-16,22H2,1-9H3,(H,47,48)/b40-33-. The molecule has 0 aliphatic carbocycles. The molecule has 0 saturated heterocycles. The number of methoxy groups -OCH3 is 1. The first-order valence-electron chi connectivity index (χ1n) is 17.5. The van der Waals surface area contributed by atoms with Gasteiger partial charge in [-0.2, -0.15) is 5.10 Å². The Morgan fingerprint density at radius 2 is 1.79 bits per heavy atom. The highest BCUT2D eigenvalue weighted by Gasteiger charge is 2.38. The van der Waals surface area contributed by atoms with Crippen molar-refractivity contribution in [1.82, 2.24) is 14.9 Å². The van der Waals surface area contributed by atoms with Gasteiger partial charge in [0.25, 0.3) is 0 Å². The minimum absolute atomic E-state index is 0.0641. The zero-order chi connectivity index (χ0) is 38.5. The average Bonchev–Trinajstić information content (AvgIpc) is 3.63. The number of rotatable bonds is 11. The third kappa shape index (κ3) is 8.07. The van der Waals surface area contributed by atoms with E-state index in [1.54, 1.807) is 7.11 Å². The van der Waals surface area contributed by atoms with E-state index in [0.29, 0.717) is 29.4 Å². The number of ether oxygens (including phenoxy) is 2. The number of hydrogen-bond acceptors (Lipinski definition) is 10. The number of aryl methyl sites for hydroxylation is 1. The number of benzene rings is 3. The van der Waals surface area contributed by atoms with Crippen molar-refractivity contribution in [3.8, 4) is 22.9 Å². The fraction of sp³-hybridized carbons (Fsp3) is 0.410. The number of carbonyl (C=O) groups is 1. The quantitative estimate of drug-likeness (QED) is 0.151. The molecule has 0 spiro atoms. The van der Waals surface area contributed by atoms with E-state index in [4.69, 9.17) is 24.6 Å². The second-order valence-electron chi connectivity index (χ2n) is 15.4. The summed E-state index contributed by atoms with van der Waals surface area (Å²) in [5, 5.41) is 19.1.